The van der Waals surface area contributed by atoms with Crippen molar-refractivity contribution in [2.75, 3.05) is 37.6 Å². The van der Waals surface area contributed by atoms with E-state index in [1.165, 1.54) is 6.42 Å². The summed E-state index contributed by atoms with van der Waals surface area (Å²) in [5.74, 6) is 1.31. The zero-order chi connectivity index (χ0) is 21.5. The van der Waals surface area contributed by atoms with Gasteiger partial charge in [0.25, 0.3) is 0 Å². The highest BCUT2D eigenvalue weighted by molar-refractivity contribution is 5.90. The van der Waals surface area contributed by atoms with Crippen LogP contribution in [0.5, 0.6) is 5.75 Å². The molecule has 0 amide bonds. The quantitative estimate of drug-likeness (QED) is 0.683. The molecule has 6 nitrogen and oxygen atoms in total. The number of aromatic nitrogens is 1. The molecule has 1 atom stereocenters. The number of aliphatic hydroxyl groups excluding tert-OH is 1. The van der Waals surface area contributed by atoms with Crippen LogP contribution in [-0.4, -0.2) is 54.0 Å². The fourth-order valence-corrected chi connectivity index (χ4v) is 4.61. The van der Waals surface area contributed by atoms with Gasteiger partial charge < -0.3 is 19.2 Å². The van der Waals surface area contributed by atoms with Gasteiger partial charge in [-0.1, -0.05) is 6.92 Å². The molecule has 5 rings (SSSR count). The van der Waals surface area contributed by atoms with Crippen LogP contribution in [0.1, 0.15) is 36.1 Å². The van der Waals surface area contributed by atoms with Crippen molar-refractivity contribution in [1.29, 1.82) is 0 Å². The number of rotatable bonds is 4. The first kappa shape index (κ1) is 20.1. The van der Waals surface area contributed by atoms with Gasteiger partial charge in [-0.3, -0.25) is 9.88 Å². The van der Waals surface area contributed by atoms with Gasteiger partial charge in [-0.05, 0) is 57.2 Å². The largest absolute Gasteiger partial charge is 0.460 e. The van der Waals surface area contributed by atoms with Crippen molar-refractivity contribution in [3.8, 4) is 5.75 Å². The number of benzene rings is 1. The monoisotopic (exact) mass is 419 g/mol. The molecule has 2 aliphatic rings. The zero-order valence-electron chi connectivity index (χ0n) is 18.4. The van der Waals surface area contributed by atoms with E-state index in [-0.39, 0.29) is 0 Å². The number of hydrogen-bond donors (Lipinski definition) is 1. The maximum absolute atomic E-state index is 10.7. The molecule has 0 saturated carbocycles. The molecule has 31 heavy (non-hydrogen) atoms. The molecule has 1 unspecified atom stereocenters. The van der Waals surface area contributed by atoms with Gasteiger partial charge in [-0.15, -0.1) is 0 Å². The molecule has 2 aliphatic heterocycles. The Morgan fingerprint density at radius 2 is 1.90 bits per heavy atom. The number of pyridine rings is 1. The molecule has 1 fully saturated rings. The number of fused-ring (bicyclic) bond motifs is 2. The van der Waals surface area contributed by atoms with Crippen LogP contribution in [0.15, 0.2) is 34.7 Å². The minimum absolute atomic E-state index is 0.611. The van der Waals surface area contributed by atoms with Crippen molar-refractivity contribution < 1.29 is 14.3 Å². The highest BCUT2D eigenvalue weighted by Gasteiger charge is 2.26. The first-order chi connectivity index (χ1) is 15.0. The highest BCUT2D eigenvalue weighted by Crippen LogP contribution is 2.38. The number of anilines is 1. The van der Waals surface area contributed by atoms with E-state index in [1.807, 2.05) is 38.1 Å². The summed E-state index contributed by atoms with van der Waals surface area (Å²) in [5.41, 5.74) is 5.25. The van der Waals surface area contributed by atoms with Crippen LogP contribution in [0.2, 0.25) is 0 Å². The van der Waals surface area contributed by atoms with Gasteiger partial charge in [0.1, 0.15) is 11.5 Å². The minimum Gasteiger partial charge on any atom is -0.460 e. The van der Waals surface area contributed by atoms with Crippen LogP contribution in [0.3, 0.4) is 0 Å². The molecule has 0 aliphatic carbocycles. The smallest absolute Gasteiger partial charge is 0.227 e. The third-order valence-corrected chi connectivity index (χ3v) is 6.17. The molecular weight excluding hydrogens is 390 g/mol. The summed E-state index contributed by atoms with van der Waals surface area (Å²) < 4.78 is 12.0. The number of aliphatic hydroxyl groups is 1. The predicted octanol–water partition coefficient (Wildman–Crippen LogP) is 4.23. The van der Waals surface area contributed by atoms with Crippen LogP contribution in [0, 0.1) is 13.8 Å². The van der Waals surface area contributed by atoms with E-state index < -0.39 is 6.29 Å². The molecular formula is C25H29N3O3. The molecule has 6 heteroatoms. The van der Waals surface area contributed by atoms with Crippen molar-refractivity contribution in [2.24, 2.45) is 0 Å². The van der Waals surface area contributed by atoms with Crippen LogP contribution in [0.25, 0.3) is 22.6 Å². The molecule has 162 valence electrons. The molecule has 4 heterocycles. The number of hydrogen-bond acceptors (Lipinski definition) is 6. The maximum atomic E-state index is 10.7. The second-order valence-electron chi connectivity index (χ2n) is 8.50. The number of nitrogens with zero attached hydrogens (tertiary/aromatic N) is 3. The van der Waals surface area contributed by atoms with Gasteiger partial charge in [-0.25, -0.2) is 0 Å². The van der Waals surface area contributed by atoms with Crippen LogP contribution in [0.4, 0.5) is 5.69 Å². The zero-order valence-corrected chi connectivity index (χ0v) is 18.4. The fourth-order valence-electron chi connectivity index (χ4n) is 4.61. The van der Waals surface area contributed by atoms with Crippen molar-refractivity contribution in [3.63, 3.8) is 0 Å². The van der Waals surface area contributed by atoms with Crippen molar-refractivity contribution in [2.45, 2.75) is 33.5 Å². The van der Waals surface area contributed by atoms with Gasteiger partial charge in [0.2, 0.25) is 6.29 Å². The lowest BCUT2D eigenvalue weighted by Crippen LogP contribution is -2.46. The Labute approximate surface area is 182 Å². The van der Waals surface area contributed by atoms with Crippen molar-refractivity contribution in [3.05, 3.63) is 53.0 Å². The van der Waals surface area contributed by atoms with E-state index in [9.17, 15) is 5.11 Å². The second kappa shape index (κ2) is 8.02. The van der Waals surface area contributed by atoms with E-state index in [0.717, 1.165) is 66.3 Å². The number of aryl methyl sites for hydroxylation is 2. The number of piperazine rings is 1. The van der Waals surface area contributed by atoms with Gasteiger partial charge in [0, 0.05) is 54.6 Å². The van der Waals surface area contributed by atoms with E-state index in [0.29, 0.717) is 17.1 Å². The summed E-state index contributed by atoms with van der Waals surface area (Å²) in [4.78, 5) is 9.37. The van der Waals surface area contributed by atoms with Crippen molar-refractivity contribution in [1.82, 2.24) is 9.88 Å². The Kier molecular flexibility index (Phi) is 5.20. The van der Waals surface area contributed by atoms with Crippen molar-refractivity contribution >= 4 is 28.3 Å². The fraction of sp³-hybridized carbons (Fsp3) is 0.400. The van der Waals surface area contributed by atoms with Gasteiger partial charge in [-0.2, -0.15) is 0 Å². The Bertz CT molecular complexity index is 1140. The topological polar surface area (TPSA) is 62.0 Å². The van der Waals surface area contributed by atoms with E-state index in [1.54, 1.807) is 0 Å². The standard InChI is InChI=1S/C25H29N3O3/c1-4-7-27-8-10-28(11-9-27)20-6-5-18-13-21(25(29)31-22(18)15-20)23-14-19-12-16(2)26-17(3)24(19)30-23/h5-6,12-15,25,29H,4,7-11H2,1-3H3. The first-order valence-electron chi connectivity index (χ1n) is 11.1. The summed E-state index contributed by atoms with van der Waals surface area (Å²) >= 11 is 0. The van der Waals surface area contributed by atoms with Crippen LogP contribution < -0.4 is 9.64 Å². The van der Waals surface area contributed by atoms with E-state index in [4.69, 9.17) is 9.15 Å². The lowest BCUT2D eigenvalue weighted by atomic mass is 10.0. The number of ether oxygens (including phenoxy) is 1. The Morgan fingerprint density at radius 3 is 2.68 bits per heavy atom. The molecule has 1 aromatic carbocycles. The van der Waals surface area contributed by atoms with Crippen LogP contribution in [-0.2, 0) is 0 Å². The maximum Gasteiger partial charge on any atom is 0.227 e. The summed E-state index contributed by atoms with van der Waals surface area (Å²) in [6.45, 7) is 11.5. The molecule has 3 aromatic rings. The summed E-state index contributed by atoms with van der Waals surface area (Å²) in [6, 6.07) is 10.2. The summed E-state index contributed by atoms with van der Waals surface area (Å²) in [7, 11) is 0. The first-order valence-corrected chi connectivity index (χ1v) is 11.1. The average molecular weight is 420 g/mol. The Hall–Kier alpha value is -2.83. The number of furan rings is 1. The average Bonchev–Trinajstić information content (AvgIpc) is 3.18. The third kappa shape index (κ3) is 3.82. The van der Waals surface area contributed by atoms with Gasteiger partial charge in [0.05, 0.1) is 11.3 Å². The Balaban J connectivity index is 1.41. The molecule has 2 aromatic heterocycles. The normalized spacial score (nSPS) is 19.3. The van der Waals surface area contributed by atoms with E-state index >= 15 is 0 Å². The summed E-state index contributed by atoms with van der Waals surface area (Å²) in [5, 5.41) is 11.7. The highest BCUT2D eigenvalue weighted by atomic mass is 16.6. The molecule has 1 N–H and O–H groups in total. The Morgan fingerprint density at radius 1 is 1.10 bits per heavy atom. The summed E-state index contributed by atoms with van der Waals surface area (Å²) in [6.07, 6.45) is 2.08. The van der Waals surface area contributed by atoms with Gasteiger partial charge in [0.15, 0.2) is 5.58 Å². The second-order valence-corrected chi connectivity index (χ2v) is 8.50. The molecule has 0 bridgehead atoms. The molecule has 1 saturated heterocycles. The molecule has 0 radical (unpaired) electrons. The van der Waals surface area contributed by atoms with E-state index in [2.05, 4.69) is 33.8 Å². The SMILES string of the molecule is CCCN1CCN(c2ccc3c(c2)OC(O)C(c2cc4cc(C)nc(C)c4o2)=C3)CC1. The molecule has 0 spiro atoms. The third-order valence-electron chi connectivity index (χ3n) is 6.17. The van der Waals surface area contributed by atoms with Crippen LogP contribution >= 0.6 is 0 Å². The minimum atomic E-state index is -1.07. The van der Waals surface area contributed by atoms with Gasteiger partial charge >= 0.3 is 0 Å². The predicted molar refractivity (Wildman–Crippen MR) is 123 cm³/mol. The lowest BCUT2D eigenvalue weighted by Gasteiger charge is -2.36. The lowest BCUT2D eigenvalue weighted by molar-refractivity contribution is 0.0309.